The van der Waals surface area contributed by atoms with Crippen molar-refractivity contribution in [3.05, 3.63) is 66.2 Å². The lowest BCUT2D eigenvalue weighted by atomic mass is 9.86. The molecule has 10 nitrogen and oxygen atoms in total. The maximum Gasteiger partial charge on any atom is 0.272 e. The number of fused-ring (bicyclic) bond motifs is 1. The van der Waals surface area contributed by atoms with E-state index in [1.54, 1.807) is 48.1 Å². The standard InChI is InChI=1S/C26H29N5O5S/c1-26(2,3)17-13-18(24(35-5)19(14-17)30-37(6,33)34)29-25(32)20-12-16-8-7-9-21(23(16)31(20)4)36-22-10-11-27-15-28-22/h7-15,30H,1-6H3,(H,29,32). The van der Waals surface area contributed by atoms with Crippen LogP contribution in [0.3, 0.4) is 0 Å². The van der Waals surface area contributed by atoms with Crippen molar-refractivity contribution in [2.24, 2.45) is 7.05 Å². The quantitative estimate of drug-likeness (QED) is 0.360. The van der Waals surface area contributed by atoms with Gasteiger partial charge in [0.15, 0.2) is 11.5 Å². The fourth-order valence-electron chi connectivity index (χ4n) is 3.97. The SMILES string of the molecule is COc1c(NC(=O)c2cc3cccc(Oc4ccncn4)c3n2C)cc(C(C)(C)C)cc1NS(C)(=O)=O. The van der Waals surface area contributed by atoms with Gasteiger partial charge in [0.1, 0.15) is 12.0 Å². The molecular formula is C26H29N5O5S. The number of methoxy groups -OCH3 is 1. The summed E-state index contributed by atoms with van der Waals surface area (Å²) in [5.41, 5.74) is 2.15. The van der Waals surface area contributed by atoms with Gasteiger partial charge >= 0.3 is 0 Å². The van der Waals surface area contributed by atoms with Crippen molar-refractivity contribution in [3.8, 4) is 17.4 Å². The van der Waals surface area contributed by atoms with Crippen LogP contribution in [-0.4, -0.2) is 42.2 Å². The normalized spacial score (nSPS) is 11.8. The summed E-state index contributed by atoms with van der Waals surface area (Å²) in [6, 6.07) is 12.4. The largest absolute Gasteiger partial charge is 0.492 e. The number of ether oxygens (including phenoxy) is 2. The minimum Gasteiger partial charge on any atom is -0.492 e. The highest BCUT2D eigenvalue weighted by atomic mass is 32.2. The van der Waals surface area contributed by atoms with Crippen molar-refractivity contribution in [2.45, 2.75) is 26.2 Å². The Balaban J connectivity index is 1.76. The molecule has 37 heavy (non-hydrogen) atoms. The molecule has 11 heteroatoms. The summed E-state index contributed by atoms with van der Waals surface area (Å²) >= 11 is 0. The molecule has 0 aliphatic carbocycles. The van der Waals surface area contributed by atoms with Crippen LogP contribution in [-0.2, 0) is 22.5 Å². The van der Waals surface area contributed by atoms with Crippen LogP contribution < -0.4 is 19.5 Å². The van der Waals surface area contributed by atoms with Gasteiger partial charge in [-0.15, -0.1) is 0 Å². The van der Waals surface area contributed by atoms with E-state index in [2.05, 4.69) is 20.0 Å². The number of carbonyl (C=O) groups is 1. The van der Waals surface area contributed by atoms with Crippen LogP contribution in [0, 0.1) is 0 Å². The van der Waals surface area contributed by atoms with E-state index < -0.39 is 15.9 Å². The highest BCUT2D eigenvalue weighted by Crippen LogP contribution is 2.39. The molecule has 0 spiro atoms. The van der Waals surface area contributed by atoms with Crippen molar-refractivity contribution >= 4 is 38.2 Å². The van der Waals surface area contributed by atoms with Crippen molar-refractivity contribution in [1.82, 2.24) is 14.5 Å². The second-order valence-corrected chi connectivity index (χ2v) is 11.4. The maximum atomic E-state index is 13.5. The molecule has 0 radical (unpaired) electrons. The summed E-state index contributed by atoms with van der Waals surface area (Å²) < 4.78 is 39.7. The lowest BCUT2D eigenvalue weighted by Gasteiger charge is -2.24. The third-order valence-electron chi connectivity index (χ3n) is 5.72. The highest BCUT2D eigenvalue weighted by Gasteiger charge is 2.24. The van der Waals surface area contributed by atoms with Crippen LogP contribution in [0.5, 0.6) is 17.4 Å². The van der Waals surface area contributed by atoms with E-state index in [4.69, 9.17) is 9.47 Å². The third kappa shape index (κ3) is 5.67. The maximum absolute atomic E-state index is 13.5. The molecular weight excluding hydrogens is 494 g/mol. The Kier molecular flexibility index (Phi) is 6.83. The van der Waals surface area contributed by atoms with Gasteiger partial charge in [-0.2, -0.15) is 0 Å². The number of sulfonamides is 1. The molecule has 0 atom stereocenters. The van der Waals surface area contributed by atoms with Crippen molar-refractivity contribution in [1.29, 1.82) is 0 Å². The molecule has 2 heterocycles. The van der Waals surface area contributed by atoms with Gasteiger partial charge in [-0.3, -0.25) is 9.52 Å². The molecule has 0 saturated carbocycles. The summed E-state index contributed by atoms with van der Waals surface area (Å²) in [6.45, 7) is 5.98. The van der Waals surface area contributed by atoms with Crippen LogP contribution in [0.25, 0.3) is 10.9 Å². The Bertz CT molecular complexity index is 1570. The molecule has 0 fully saturated rings. The van der Waals surface area contributed by atoms with E-state index in [9.17, 15) is 13.2 Å². The molecule has 2 aromatic heterocycles. The summed E-state index contributed by atoms with van der Waals surface area (Å²) in [4.78, 5) is 21.5. The summed E-state index contributed by atoms with van der Waals surface area (Å²) in [5, 5.41) is 3.71. The molecule has 1 amide bonds. The van der Waals surface area contributed by atoms with Gasteiger partial charge < -0.3 is 19.4 Å². The van der Waals surface area contributed by atoms with E-state index >= 15 is 0 Å². The monoisotopic (exact) mass is 523 g/mol. The van der Waals surface area contributed by atoms with Crippen molar-refractivity contribution in [3.63, 3.8) is 0 Å². The molecule has 2 N–H and O–H groups in total. The highest BCUT2D eigenvalue weighted by molar-refractivity contribution is 7.92. The molecule has 0 saturated heterocycles. The number of anilines is 2. The number of nitrogens with one attached hydrogen (secondary N) is 2. The van der Waals surface area contributed by atoms with E-state index in [0.717, 1.165) is 17.2 Å². The molecule has 0 bridgehead atoms. The molecule has 4 aromatic rings. The molecule has 0 aliphatic heterocycles. The van der Waals surface area contributed by atoms with E-state index in [1.165, 1.54) is 13.4 Å². The fraction of sp³-hybridized carbons (Fsp3) is 0.269. The van der Waals surface area contributed by atoms with E-state index in [0.29, 0.717) is 28.5 Å². The molecule has 0 unspecified atom stereocenters. The second-order valence-electron chi connectivity index (χ2n) is 9.62. The fourth-order valence-corrected chi connectivity index (χ4v) is 4.52. The van der Waals surface area contributed by atoms with Gasteiger partial charge in [0.2, 0.25) is 15.9 Å². The lowest BCUT2D eigenvalue weighted by Crippen LogP contribution is -2.19. The van der Waals surface area contributed by atoms with Gasteiger partial charge in [0, 0.05) is 24.7 Å². The number of aryl methyl sites for hydroxylation is 1. The molecule has 0 aliphatic rings. The minimum absolute atomic E-state index is 0.207. The Morgan fingerprint density at radius 3 is 2.43 bits per heavy atom. The zero-order valence-corrected chi connectivity index (χ0v) is 22.3. The summed E-state index contributed by atoms with van der Waals surface area (Å²) in [6.07, 6.45) is 4.04. The first-order valence-electron chi connectivity index (χ1n) is 11.4. The number of rotatable bonds is 7. The molecule has 4 rings (SSSR count). The Morgan fingerprint density at radius 2 is 1.81 bits per heavy atom. The number of benzene rings is 2. The van der Waals surface area contributed by atoms with Crippen molar-refractivity contribution < 1.29 is 22.7 Å². The van der Waals surface area contributed by atoms with E-state index in [-0.39, 0.29) is 16.9 Å². The first-order chi connectivity index (χ1) is 17.4. The number of carbonyl (C=O) groups excluding carboxylic acids is 1. The first-order valence-corrected chi connectivity index (χ1v) is 13.3. The predicted octanol–water partition coefficient (Wildman–Crippen LogP) is 4.69. The Hall–Kier alpha value is -4.12. The lowest BCUT2D eigenvalue weighted by molar-refractivity contribution is 0.101. The van der Waals surface area contributed by atoms with Gasteiger partial charge in [-0.1, -0.05) is 32.9 Å². The van der Waals surface area contributed by atoms with Crippen LogP contribution in [0.15, 0.2) is 55.0 Å². The van der Waals surface area contributed by atoms with Crippen LogP contribution in [0.1, 0.15) is 36.8 Å². The number of hydrogen-bond donors (Lipinski definition) is 2. The average Bonchev–Trinajstić information content (AvgIpc) is 3.15. The van der Waals surface area contributed by atoms with Gasteiger partial charge in [-0.25, -0.2) is 18.4 Å². The third-order valence-corrected chi connectivity index (χ3v) is 6.31. The van der Waals surface area contributed by atoms with Gasteiger partial charge in [0.25, 0.3) is 5.91 Å². The number of para-hydroxylation sites is 1. The summed E-state index contributed by atoms with van der Waals surface area (Å²) in [5.74, 6) is 0.716. The second kappa shape index (κ2) is 9.74. The number of amides is 1. The topological polar surface area (TPSA) is 124 Å². The molecule has 194 valence electrons. The van der Waals surface area contributed by atoms with Gasteiger partial charge in [0.05, 0.1) is 30.3 Å². The summed E-state index contributed by atoms with van der Waals surface area (Å²) in [7, 11) is -0.407. The first kappa shape index (κ1) is 26.0. The average molecular weight is 524 g/mol. The zero-order chi connectivity index (χ0) is 27.0. The Labute approximate surface area is 215 Å². The van der Waals surface area contributed by atoms with Gasteiger partial charge in [-0.05, 0) is 35.2 Å². The van der Waals surface area contributed by atoms with Crippen LogP contribution in [0.4, 0.5) is 11.4 Å². The van der Waals surface area contributed by atoms with E-state index in [1.807, 2.05) is 32.9 Å². The molecule has 2 aromatic carbocycles. The minimum atomic E-state index is -3.59. The zero-order valence-electron chi connectivity index (χ0n) is 21.5. The Morgan fingerprint density at radius 1 is 1.08 bits per heavy atom. The smallest absolute Gasteiger partial charge is 0.272 e. The van der Waals surface area contributed by atoms with Crippen molar-refractivity contribution in [2.75, 3.05) is 23.4 Å². The predicted molar refractivity (Wildman–Crippen MR) is 143 cm³/mol. The number of aromatic nitrogens is 3. The number of nitrogens with zero attached hydrogens (tertiary/aromatic N) is 3. The number of hydrogen-bond acceptors (Lipinski definition) is 7. The van der Waals surface area contributed by atoms with Crippen LogP contribution in [0.2, 0.25) is 0 Å². The van der Waals surface area contributed by atoms with Crippen LogP contribution >= 0.6 is 0 Å².